The molecule has 0 heterocycles. The van der Waals surface area contributed by atoms with Gasteiger partial charge in [-0.15, -0.1) is 0 Å². The minimum Gasteiger partial charge on any atom is -0.161 e. The van der Waals surface area contributed by atoms with Crippen LogP contribution in [0.5, 0.6) is 0 Å². The number of rotatable bonds is 3. The predicted molar refractivity (Wildman–Crippen MR) is 40.3 cm³/mol. The smallest absolute Gasteiger partial charge is 0.0146 e. The van der Waals surface area contributed by atoms with E-state index in [1.807, 2.05) is 11.8 Å². The van der Waals surface area contributed by atoms with E-state index in [-0.39, 0.29) is 0 Å². The van der Waals surface area contributed by atoms with E-state index in [1.54, 1.807) is 11.1 Å². The van der Waals surface area contributed by atoms with Crippen LogP contribution >= 0.6 is 11.8 Å². The second-order valence-electron chi connectivity index (χ2n) is 2.17. The summed E-state index contributed by atoms with van der Waals surface area (Å²) in [5.41, 5.74) is 3.42. The number of hydrogen-bond acceptors (Lipinski definition) is 1. The first kappa shape index (κ1) is 6.21. The minimum absolute atomic E-state index is 1.28. The van der Waals surface area contributed by atoms with E-state index in [2.05, 4.69) is 13.2 Å². The summed E-state index contributed by atoms with van der Waals surface area (Å²) < 4.78 is 0. The maximum Gasteiger partial charge on any atom is 0.0146 e. The largest absolute Gasteiger partial charge is 0.161 e. The molecule has 0 nitrogen and oxygen atoms in total. The summed E-state index contributed by atoms with van der Waals surface area (Å²) in [6.45, 7) is 2.24. The van der Waals surface area contributed by atoms with E-state index >= 15 is 0 Å². The van der Waals surface area contributed by atoms with Crippen molar-refractivity contribution in [1.29, 1.82) is 0 Å². The Bertz CT molecular complexity index is 114. The Morgan fingerprint density at radius 3 is 2.62 bits per heavy atom. The molecule has 0 amide bonds. The summed E-state index contributed by atoms with van der Waals surface area (Å²) in [6.07, 6.45) is 4.80. The van der Waals surface area contributed by atoms with E-state index in [4.69, 9.17) is 0 Å². The second-order valence-corrected chi connectivity index (χ2v) is 3.04. The predicted octanol–water partition coefficient (Wildman–Crippen LogP) is 2.46. The van der Waals surface area contributed by atoms with Gasteiger partial charge in [0.05, 0.1) is 0 Å². The van der Waals surface area contributed by atoms with Crippen molar-refractivity contribution < 1.29 is 0 Å². The number of hydrogen-bond donors (Lipinski definition) is 0. The van der Waals surface area contributed by atoms with Crippen molar-refractivity contribution >= 4 is 11.8 Å². The molecule has 0 saturated heterocycles. The second kappa shape index (κ2) is 2.58. The molecule has 0 aromatic heterocycles. The average molecular weight is 128 g/mol. The van der Waals surface area contributed by atoms with Crippen molar-refractivity contribution in [2.75, 3.05) is 12.0 Å². The van der Waals surface area contributed by atoms with Crippen LogP contribution in [0.1, 0.15) is 19.8 Å². The Kier molecular flexibility index (Phi) is 2.01. The SMILES string of the molecule is CCC1=C(CSC)C1. The Balaban J connectivity index is 2.20. The highest BCUT2D eigenvalue weighted by molar-refractivity contribution is 7.98. The fourth-order valence-electron chi connectivity index (χ4n) is 0.916. The van der Waals surface area contributed by atoms with E-state index in [0.29, 0.717) is 0 Å². The van der Waals surface area contributed by atoms with Crippen LogP contribution in [-0.4, -0.2) is 12.0 Å². The zero-order chi connectivity index (χ0) is 5.98. The van der Waals surface area contributed by atoms with Crippen LogP contribution in [0.3, 0.4) is 0 Å². The Morgan fingerprint density at radius 1 is 1.50 bits per heavy atom. The third-order valence-electron chi connectivity index (χ3n) is 1.55. The van der Waals surface area contributed by atoms with E-state index in [1.165, 1.54) is 18.6 Å². The first-order valence-corrected chi connectivity index (χ1v) is 4.46. The number of allylic oxidation sites excluding steroid dienone is 1. The molecule has 8 heavy (non-hydrogen) atoms. The molecule has 1 rings (SSSR count). The van der Waals surface area contributed by atoms with Gasteiger partial charge in [0.1, 0.15) is 0 Å². The van der Waals surface area contributed by atoms with Crippen LogP contribution < -0.4 is 0 Å². The molecule has 1 aliphatic rings. The van der Waals surface area contributed by atoms with Crippen LogP contribution in [0.15, 0.2) is 11.1 Å². The molecule has 46 valence electrons. The van der Waals surface area contributed by atoms with Crippen LogP contribution in [-0.2, 0) is 0 Å². The van der Waals surface area contributed by atoms with Gasteiger partial charge < -0.3 is 0 Å². The lowest BCUT2D eigenvalue weighted by Gasteiger charge is -1.80. The lowest BCUT2D eigenvalue weighted by atomic mass is 10.4. The summed E-state index contributed by atoms with van der Waals surface area (Å²) >= 11 is 1.93. The van der Waals surface area contributed by atoms with Crippen molar-refractivity contribution in [1.82, 2.24) is 0 Å². The molecule has 0 fully saturated rings. The summed E-state index contributed by atoms with van der Waals surface area (Å²) in [6, 6.07) is 0. The zero-order valence-corrected chi connectivity index (χ0v) is 6.35. The monoisotopic (exact) mass is 128 g/mol. The summed E-state index contributed by atoms with van der Waals surface area (Å²) in [5, 5.41) is 0. The molecule has 0 aromatic carbocycles. The molecule has 0 saturated carbocycles. The van der Waals surface area contributed by atoms with Crippen LogP contribution in [0.2, 0.25) is 0 Å². The van der Waals surface area contributed by atoms with Gasteiger partial charge in [-0.1, -0.05) is 18.1 Å². The van der Waals surface area contributed by atoms with E-state index in [9.17, 15) is 0 Å². The molecular formula is C7H12S. The van der Waals surface area contributed by atoms with Crippen LogP contribution in [0.25, 0.3) is 0 Å². The summed E-state index contributed by atoms with van der Waals surface area (Å²) in [7, 11) is 0. The standard InChI is InChI=1S/C7H12S/c1-3-6-4-7(6)5-8-2/h3-5H2,1-2H3. The zero-order valence-electron chi connectivity index (χ0n) is 5.53. The molecular weight excluding hydrogens is 116 g/mol. The van der Waals surface area contributed by atoms with E-state index < -0.39 is 0 Å². The van der Waals surface area contributed by atoms with Gasteiger partial charge in [-0.2, -0.15) is 11.8 Å². The highest BCUT2D eigenvalue weighted by Crippen LogP contribution is 2.34. The quantitative estimate of drug-likeness (QED) is 0.526. The van der Waals surface area contributed by atoms with Crippen LogP contribution in [0, 0.1) is 0 Å². The van der Waals surface area contributed by atoms with Crippen molar-refractivity contribution in [3.8, 4) is 0 Å². The molecule has 0 aliphatic heterocycles. The fourth-order valence-corrected chi connectivity index (χ4v) is 1.57. The topological polar surface area (TPSA) is 0 Å². The van der Waals surface area contributed by atoms with Gasteiger partial charge in [0.25, 0.3) is 0 Å². The fraction of sp³-hybridized carbons (Fsp3) is 0.714. The number of thioether (sulfide) groups is 1. The molecule has 0 atom stereocenters. The van der Waals surface area contributed by atoms with Gasteiger partial charge in [-0.05, 0) is 19.1 Å². The molecule has 0 N–H and O–H groups in total. The lowest BCUT2D eigenvalue weighted by Crippen LogP contribution is -1.65. The van der Waals surface area contributed by atoms with Crippen LogP contribution in [0.4, 0.5) is 0 Å². The molecule has 1 heteroatoms. The third-order valence-corrected chi connectivity index (χ3v) is 2.18. The maximum atomic E-state index is 2.24. The molecule has 0 unspecified atom stereocenters. The van der Waals surface area contributed by atoms with Gasteiger partial charge in [-0.3, -0.25) is 0 Å². The Labute approximate surface area is 55.4 Å². The molecule has 1 aliphatic carbocycles. The molecule has 0 spiro atoms. The van der Waals surface area contributed by atoms with E-state index in [0.717, 1.165) is 0 Å². The highest BCUT2D eigenvalue weighted by Gasteiger charge is 2.17. The first-order valence-electron chi connectivity index (χ1n) is 3.07. The normalized spacial score (nSPS) is 17.2. The Hall–Kier alpha value is 0.0900. The van der Waals surface area contributed by atoms with Crippen molar-refractivity contribution in [2.45, 2.75) is 19.8 Å². The molecule has 0 aromatic rings. The van der Waals surface area contributed by atoms with Gasteiger partial charge in [0, 0.05) is 5.75 Å². The average Bonchev–Trinajstić information content (AvgIpc) is 2.48. The minimum atomic E-state index is 1.28. The van der Waals surface area contributed by atoms with Gasteiger partial charge >= 0.3 is 0 Å². The molecule has 0 radical (unpaired) electrons. The molecule has 0 bridgehead atoms. The first-order chi connectivity index (χ1) is 3.88. The van der Waals surface area contributed by atoms with Gasteiger partial charge in [0.2, 0.25) is 0 Å². The Morgan fingerprint density at radius 2 is 2.25 bits per heavy atom. The van der Waals surface area contributed by atoms with Crippen molar-refractivity contribution in [3.63, 3.8) is 0 Å². The maximum absolute atomic E-state index is 2.24. The van der Waals surface area contributed by atoms with Gasteiger partial charge in [0.15, 0.2) is 0 Å². The van der Waals surface area contributed by atoms with Crippen molar-refractivity contribution in [3.05, 3.63) is 11.1 Å². The van der Waals surface area contributed by atoms with Gasteiger partial charge in [-0.25, -0.2) is 0 Å². The summed E-state index contributed by atoms with van der Waals surface area (Å²) in [5.74, 6) is 1.28. The lowest BCUT2D eigenvalue weighted by molar-refractivity contribution is 1.15. The van der Waals surface area contributed by atoms with Crippen molar-refractivity contribution in [2.24, 2.45) is 0 Å². The highest BCUT2D eigenvalue weighted by atomic mass is 32.2. The summed E-state index contributed by atoms with van der Waals surface area (Å²) in [4.78, 5) is 0. The third kappa shape index (κ3) is 1.28.